The molecule has 22 heavy (non-hydrogen) atoms. The van der Waals surface area contributed by atoms with E-state index in [4.69, 9.17) is 0 Å². The van der Waals surface area contributed by atoms with Crippen LogP contribution in [0.15, 0.2) is 6.20 Å². The molecule has 1 amide bonds. The number of hydrogen-bond acceptors (Lipinski definition) is 5. The lowest BCUT2D eigenvalue weighted by atomic mass is 10.2. The molecule has 7 heteroatoms. The Morgan fingerprint density at radius 1 is 1.32 bits per heavy atom. The van der Waals surface area contributed by atoms with Gasteiger partial charge in [0.2, 0.25) is 0 Å². The molecule has 1 aliphatic heterocycles. The molecule has 6 nitrogen and oxygen atoms in total. The van der Waals surface area contributed by atoms with E-state index in [0.717, 1.165) is 28.1 Å². The second-order valence-electron chi connectivity index (χ2n) is 6.34. The van der Waals surface area contributed by atoms with Crippen LogP contribution in [0.4, 0.5) is 0 Å². The molecule has 0 radical (unpaired) electrons. The number of fused-ring (bicyclic) bond motifs is 1. The summed E-state index contributed by atoms with van der Waals surface area (Å²) in [5.74, 6) is 2.92. The Hall–Kier alpha value is -1.76. The van der Waals surface area contributed by atoms with Gasteiger partial charge in [-0.3, -0.25) is 4.79 Å². The van der Waals surface area contributed by atoms with E-state index in [0.29, 0.717) is 24.9 Å². The van der Waals surface area contributed by atoms with Gasteiger partial charge in [0.05, 0.1) is 17.7 Å². The van der Waals surface area contributed by atoms with Crippen LogP contribution in [0.1, 0.15) is 64.9 Å². The predicted molar refractivity (Wildman–Crippen MR) is 82.9 cm³/mol. The van der Waals surface area contributed by atoms with E-state index in [9.17, 15) is 4.79 Å². The lowest BCUT2D eigenvalue weighted by Crippen LogP contribution is -2.38. The number of hydrogen-bond donors (Lipinski definition) is 0. The van der Waals surface area contributed by atoms with Crippen molar-refractivity contribution < 1.29 is 4.79 Å². The zero-order valence-corrected chi connectivity index (χ0v) is 13.6. The monoisotopic (exact) mass is 317 g/mol. The maximum absolute atomic E-state index is 12.6. The summed E-state index contributed by atoms with van der Waals surface area (Å²) < 4.78 is 2.15. The van der Waals surface area contributed by atoms with Crippen molar-refractivity contribution in [2.24, 2.45) is 0 Å². The summed E-state index contributed by atoms with van der Waals surface area (Å²) in [4.78, 5) is 19.7. The van der Waals surface area contributed by atoms with Crippen molar-refractivity contribution in [2.45, 2.75) is 51.6 Å². The minimum absolute atomic E-state index is 0.0738. The molecule has 0 bridgehead atoms. The molecule has 0 aromatic carbocycles. The van der Waals surface area contributed by atoms with Gasteiger partial charge in [-0.05, 0) is 12.8 Å². The Morgan fingerprint density at radius 3 is 2.86 bits per heavy atom. The van der Waals surface area contributed by atoms with Crippen molar-refractivity contribution in [1.29, 1.82) is 0 Å². The molecule has 2 aromatic rings. The van der Waals surface area contributed by atoms with Crippen molar-refractivity contribution >= 4 is 17.2 Å². The number of carbonyl (C=O) groups excluding carboxylic acids is 1. The first-order valence-electron chi connectivity index (χ1n) is 7.80. The number of carbonyl (C=O) groups is 1. The molecule has 2 aliphatic rings. The molecular formula is C15H19N5OS. The number of rotatable bonds is 3. The van der Waals surface area contributed by atoms with Crippen LogP contribution in [0, 0.1) is 0 Å². The Morgan fingerprint density at radius 2 is 2.14 bits per heavy atom. The van der Waals surface area contributed by atoms with Gasteiger partial charge in [0.15, 0.2) is 5.82 Å². The summed E-state index contributed by atoms with van der Waals surface area (Å²) in [6, 6.07) is 0. The molecule has 1 saturated carbocycles. The van der Waals surface area contributed by atoms with Crippen molar-refractivity contribution in [3.8, 4) is 0 Å². The van der Waals surface area contributed by atoms with Gasteiger partial charge in [0.1, 0.15) is 10.7 Å². The fourth-order valence-corrected chi connectivity index (χ4v) is 3.90. The maximum atomic E-state index is 12.6. The Bertz CT molecular complexity index is 715. The highest BCUT2D eigenvalue weighted by Gasteiger charge is 2.30. The molecule has 0 N–H and O–H groups in total. The summed E-state index contributed by atoms with van der Waals surface area (Å²) in [6.45, 7) is 6.25. The fourth-order valence-electron chi connectivity index (χ4n) is 2.84. The molecule has 1 aliphatic carbocycles. The van der Waals surface area contributed by atoms with Crippen molar-refractivity contribution in [1.82, 2.24) is 24.6 Å². The van der Waals surface area contributed by atoms with Gasteiger partial charge in [-0.15, -0.1) is 21.5 Å². The second-order valence-corrected chi connectivity index (χ2v) is 7.41. The number of nitrogens with zero attached hydrogens (tertiary/aromatic N) is 5. The first kappa shape index (κ1) is 13.9. The first-order valence-corrected chi connectivity index (χ1v) is 8.62. The lowest BCUT2D eigenvalue weighted by Gasteiger charge is -2.27. The molecule has 0 atom stereocenters. The van der Waals surface area contributed by atoms with Crippen LogP contribution in [0.25, 0.3) is 0 Å². The molecular weight excluding hydrogens is 298 g/mol. The number of aromatic nitrogens is 4. The predicted octanol–water partition coefficient (Wildman–Crippen LogP) is 2.39. The third-order valence-electron chi connectivity index (χ3n) is 4.25. The standard InChI is InChI=1S/C15H19N5OS/c1-9(2)13-18-17-12-8-19(5-6-20(12)13)15(21)11-7-16-14(22-11)10-3-4-10/h7,9-10H,3-6,8H2,1-2H3. The molecule has 2 aromatic heterocycles. The van der Waals surface area contributed by atoms with E-state index in [2.05, 4.69) is 33.6 Å². The highest BCUT2D eigenvalue weighted by Crippen LogP contribution is 2.41. The molecule has 1 fully saturated rings. The van der Waals surface area contributed by atoms with Crippen LogP contribution in [0.3, 0.4) is 0 Å². The summed E-state index contributed by atoms with van der Waals surface area (Å²) >= 11 is 1.55. The van der Waals surface area contributed by atoms with Gasteiger partial charge in [-0.2, -0.15) is 0 Å². The van der Waals surface area contributed by atoms with Crippen LogP contribution in [-0.2, 0) is 13.1 Å². The van der Waals surface area contributed by atoms with Crippen LogP contribution < -0.4 is 0 Å². The van der Waals surface area contributed by atoms with Gasteiger partial charge in [-0.1, -0.05) is 13.8 Å². The minimum atomic E-state index is 0.0738. The van der Waals surface area contributed by atoms with Gasteiger partial charge < -0.3 is 9.47 Å². The van der Waals surface area contributed by atoms with Crippen molar-refractivity contribution in [2.75, 3.05) is 6.54 Å². The van der Waals surface area contributed by atoms with Gasteiger partial charge in [0.25, 0.3) is 5.91 Å². The Labute approximate surface area is 133 Å². The smallest absolute Gasteiger partial charge is 0.266 e. The zero-order valence-electron chi connectivity index (χ0n) is 12.8. The summed E-state index contributed by atoms with van der Waals surface area (Å²) in [5.41, 5.74) is 0. The highest BCUT2D eigenvalue weighted by atomic mass is 32.1. The van der Waals surface area contributed by atoms with Crippen LogP contribution in [0.2, 0.25) is 0 Å². The lowest BCUT2D eigenvalue weighted by molar-refractivity contribution is 0.0711. The van der Waals surface area contributed by atoms with E-state index in [1.54, 1.807) is 17.5 Å². The quantitative estimate of drug-likeness (QED) is 0.872. The van der Waals surface area contributed by atoms with Crippen molar-refractivity contribution in [3.05, 3.63) is 27.7 Å². The SMILES string of the molecule is CC(C)c1nnc2n1CCN(C(=O)c1cnc(C3CC3)s1)C2. The fraction of sp³-hybridized carbons (Fsp3) is 0.600. The molecule has 0 saturated heterocycles. The molecule has 0 spiro atoms. The molecule has 3 heterocycles. The average Bonchev–Trinajstić information content (AvgIpc) is 3.10. The van der Waals surface area contributed by atoms with Gasteiger partial charge in [0, 0.05) is 24.9 Å². The van der Waals surface area contributed by atoms with Gasteiger partial charge in [-0.25, -0.2) is 4.98 Å². The molecule has 4 rings (SSSR count). The average molecular weight is 317 g/mol. The minimum Gasteiger partial charge on any atom is -0.329 e. The van der Waals surface area contributed by atoms with E-state index in [-0.39, 0.29) is 5.91 Å². The number of thiazole rings is 1. The third-order valence-corrected chi connectivity index (χ3v) is 5.39. The van der Waals surface area contributed by atoms with Crippen LogP contribution >= 0.6 is 11.3 Å². The Balaban J connectivity index is 1.52. The summed E-state index contributed by atoms with van der Waals surface area (Å²) in [5, 5.41) is 9.64. The van der Waals surface area contributed by atoms with Gasteiger partial charge >= 0.3 is 0 Å². The van der Waals surface area contributed by atoms with Crippen LogP contribution in [-0.4, -0.2) is 37.1 Å². The summed E-state index contributed by atoms with van der Waals surface area (Å²) in [7, 11) is 0. The maximum Gasteiger partial charge on any atom is 0.266 e. The van der Waals surface area contributed by atoms with Crippen LogP contribution in [0.5, 0.6) is 0 Å². The van der Waals surface area contributed by atoms with E-state index in [1.807, 2.05) is 4.90 Å². The number of amides is 1. The largest absolute Gasteiger partial charge is 0.329 e. The van der Waals surface area contributed by atoms with E-state index < -0.39 is 0 Å². The molecule has 116 valence electrons. The Kier molecular flexibility index (Phi) is 3.25. The van der Waals surface area contributed by atoms with Crippen molar-refractivity contribution in [3.63, 3.8) is 0 Å². The first-order chi connectivity index (χ1) is 10.6. The summed E-state index contributed by atoms with van der Waals surface area (Å²) in [6.07, 6.45) is 4.16. The van der Waals surface area contributed by atoms with E-state index in [1.165, 1.54) is 12.8 Å². The normalized spacial score (nSPS) is 17.9. The zero-order chi connectivity index (χ0) is 15.3. The topological polar surface area (TPSA) is 63.9 Å². The highest BCUT2D eigenvalue weighted by molar-refractivity contribution is 7.13. The second kappa shape index (κ2) is 5.15. The van der Waals surface area contributed by atoms with E-state index >= 15 is 0 Å². The third kappa shape index (κ3) is 2.33. The molecule has 0 unspecified atom stereocenters.